The molecule has 1 saturated heterocycles. The van der Waals surface area contributed by atoms with E-state index >= 15 is 0 Å². The highest BCUT2D eigenvalue weighted by molar-refractivity contribution is 6.05. The number of amides is 1. The molecule has 1 aliphatic heterocycles. The first-order chi connectivity index (χ1) is 15.6. The lowest BCUT2D eigenvalue weighted by molar-refractivity contribution is 0.0670. The predicted octanol–water partition coefficient (Wildman–Crippen LogP) is 3.98. The number of rotatable bonds is 4. The van der Waals surface area contributed by atoms with Crippen LogP contribution >= 0.6 is 0 Å². The van der Waals surface area contributed by atoms with Crippen molar-refractivity contribution in [1.82, 2.24) is 20.0 Å². The zero-order valence-corrected chi connectivity index (χ0v) is 17.9. The van der Waals surface area contributed by atoms with E-state index < -0.39 is 0 Å². The van der Waals surface area contributed by atoms with Gasteiger partial charge in [0.1, 0.15) is 0 Å². The molecule has 162 valence electrons. The molecule has 1 N–H and O–H groups in total. The molecule has 4 aromatic rings. The minimum absolute atomic E-state index is 0.108. The van der Waals surface area contributed by atoms with Crippen molar-refractivity contribution in [2.24, 2.45) is 5.92 Å². The number of carbonyl (C=O) groups is 1. The Morgan fingerprint density at radius 3 is 2.88 bits per heavy atom. The van der Waals surface area contributed by atoms with Gasteiger partial charge in [0.15, 0.2) is 0 Å². The van der Waals surface area contributed by atoms with E-state index in [1.165, 1.54) is 6.07 Å². The van der Waals surface area contributed by atoms with E-state index in [9.17, 15) is 9.59 Å². The summed E-state index contributed by atoms with van der Waals surface area (Å²) < 4.78 is 5.52. The molecule has 1 fully saturated rings. The van der Waals surface area contributed by atoms with E-state index in [1.54, 1.807) is 0 Å². The Kier molecular flexibility index (Phi) is 5.31. The fraction of sp³-hybridized carbons (Fsp3) is 0.280. The highest BCUT2D eigenvalue weighted by Gasteiger charge is 2.27. The van der Waals surface area contributed by atoms with Crippen molar-refractivity contribution in [3.8, 4) is 11.4 Å². The van der Waals surface area contributed by atoms with Gasteiger partial charge in [-0.15, -0.1) is 0 Å². The molecule has 2 aromatic heterocycles. The molecule has 2 aromatic carbocycles. The lowest BCUT2D eigenvalue weighted by Crippen LogP contribution is -2.41. The molecule has 1 atom stereocenters. The van der Waals surface area contributed by atoms with Crippen LogP contribution in [0.3, 0.4) is 0 Å². The molecule has 3 heterocycles. The van der Waals surface area contributed by atoms with Gasteiger partial charge in [-0.2, -0.15) is 4.98 Å². The van der Waals surface area contributed by atoms with Crippen LogP contribution in [0.5, 0.6) is 0 Å². The fourth-order valence-electron chi connectivity index (χ4n) is 4.49. The number of para-hydroxylation sites is 1. The molecule has 0 saturated carbocycles. The normalized spacial score (nSPS) is 16.4. The Morgan fingerprint density at radius 1 is 1.19 bits per heavy atom. The second kappa shape index (κ2) is 8.42. The van der Waals surface area contributed by atoms with Crippen molar-refractivity contribution in [2.45, 2.75) is 26.2 Å². The van der Waals surface area contributed by atoms with Gasteiger partial charge >= 0.3 is 0 Å². The number of fused-ring (bicyclic) bond motifs is 1. The quantitative estimate of drug-likeness (QED) is 0.531. The second-order valence-electron chi connectivity index (χ2n) is 8.38. The number of aromatic amines is 1. The van der Waals surface area contributed by atoms with Crippen molar-refractivity contribution in [2.75, 3.05) is 13.1 Å². The first-order valence-electron chi connectivity index (χ1n) is 10.9. The summed E-state index contributed by atoms with van der Waals surface area (Å²) in [5, 5.41) is 4.92. The molecule has 1 aliphatic rings. The Balaban J connectivity index is 1.33. The topological polar surface area (TPSA) is 92.1 Å². The Labute approximate surface area is 185 Å². The van der Waals surface area contributed by atoms with E-state index in [1.807, 2.05) is 60.4 Å². The van der Waals surface area contributed by atoms with Gasteiger partial charge in [0.25, 0.3) is 5.91 Å². The van der Waals surface area contributed by atoms with E-state index in [0.29, 0.717) is 42.3 Å². The molecule has 0 bridgehead atoms. The standard InChI is InChI=1S/C25H24N4O3/c1-16-7-2-3-9-18(16)24-27-23(32-28-24)13-17-8-6-12-29(15-17)25(31)20-14-22(30)26-21-11-5-4-10-19(20)21/h2-5,7,9-11,14,17H,6,8,12-13,15H2,1H3,(H,26,30)/t17-/m0/s1. The number of nitrogens with one attached hydrogen (secondary N) is 1. The van der Waals surface area contributed by atoms with E-state index in [-0.39, 0.29) is 17.4 Å². The van der Waals surface area contributed by atoms with Crippen molar-refractivity contribution in [3.05, 3.63) is 82.0 Å². The summed E-state index contributed by atoms with van der Waals surface area (Å²) in [4.78, 5) is 34.6. The average Bonchev–Trinajstić information content (AvgIpc) is 3.26. The van der Waals surface area contributed by atoms with Gasteiger partial charge in [-0.25, -0.2) is 0 Å². The van der Waals surface area contributed by atoms with Crippen LogP contribution in [0.25, 0.3) is 22.3 Å². The van der Waals surface area contributed by atoms with Crippen LogP contribution in [0.15, 0.2) is 63.9 Å². The molecule has 0 radical (unpaired) electrons. The largest absolute Gasteiger partial charge is 0.339 e. The molecule has 0 spiro atoms. The van der Waals surface area contributed by atoms with Crippen LogP contribution in [0.2, 0.25) is 0 Å². The maximum Gasteiger partial charge on any atom is 0.254 e. The maximum absolute atomic E-state index is 13.3. The van der Waals surface area contributed by atoms with Crippen LogP contribution in [-0.2, 0) is 6.42 Å². The van der Waals surface area contributed by atoms with Crippen LogP contribution in [-0.4, -0.2) is 39.0 Å². The lowest BCUT2D eigenvalue weighted by atomic mass is 9.94. The number of piperidine rings is 1. The number of H-pyrrole nitrogens is 1. The van der Waals surface area contributed by atoms with Crippen LogP contribution in [0.4, 0.5) is 0 Å². The van der Waals surface area contributed by atoms with Gasteiger partial charge < -0.3 is 14.4 Å². The Morgan fingerprint density at radius 2 is 2.00 bits per heavy atom. The fourth-order valence-corrected chi connectivity index (χ4v) is 4.49. The van der Waals surface area contributed by atoms with Gasteiger partial charge in [0, 0.05) is 42.0 Å². The van der Waals surface area contributed by atoms with Gasteiger partial charge in [-0.1, -0.05) is 47.6 Å². The number of hydrogen-bond donors (Lipinski definition) is 1. The summed E-state index contributed by atoms with van der Waals surface area (Å²) in [6.45, 7) is 3.30. The summed E-state index contributed by atoms with van der Waals surface area (Å²) in [6.07, 6.45) is 2.51. The van der Waals surface area contributed by atoms with Crippen molar-refractivity contribution in [1.29, 1.82) is 0 Å². The number of aryl methyl sites for hydroxylation is 1. The summed E-state index contributed by atoms with van der Waals surface area (Å²) in [5.74, 6) is 1.30. The molecule has 1 amide bonds. The van der Waals surface area contributed by atoms with Gasteiger partial charge in [0.05, 0.1) is 5.56 Å². The highest BCUT2D eigenvalue weighted by atomic mass is 16.5. The predicted molar refractivity (Wildman–Crippen MR) is 121 cm³/mol. The van der Waals surface area contributed by atoms with Crippen molar-refractivity contribution in [3.63, 3.8) is 0 Å². The number of benzene rings is 2. The number of pyridine rings is 1. The van der Waals surface area contributed by atoms with Crippen molar-refractivity contribution >= 4 is 16.8 Å². The third-order valence-electron chi connectivity index (χ3n) is 6.10. The lowest BCUT2D eigenvalue weighted by Gasteiger charge is -2.32. The number of carbonyl (C=O) groups excluding carboxylic acids is 1. The molecule has 5 rings (SSSR count). The number of nitrogens with zero attached hydrogens (tertiary/aromatic N) is 3. The minimum Gasteiger partial charge on any atom is -0.339 e. The zero-order valence-electron chi connectivity index (χ0n) is 17.9. The van der Waals surface area contributed by atoms with Gasteiger partial charge in [0.2, 0.25) is 17.3 Å². The molecular weight excluding hydrogens is 404 g/mol. The third-order valence-corrected chi connectivity index (χ3v) is 6.10. The molecule has 0 aliphatic carbocycles. The van der Waals surface area contributed by atoms with E-state index in [2.05, 4.69) is 15.1 Å². The van der Waals surface area contributed by atoms with Crippen molar-refractivity contribution < 1.29 is 9.32 Å². The first-order valence-corrected chi connectivity index (χ1v) is 10.9. The summed E-state index contributed by atoms with van der Waals surface area (Å²) in [6, 6.07) is 16.8. The van der Waals surface area contributed by atoms with E-state index in [0.717, 1.165) is 29.4 Å². The number of aromatic nitrogens is 3. The highest BCUT2D eigenvalue weighted by Crippen LogP contribution is 2.25. The Hall–Kier alpha value is -3.74. The molecule has 7 nitrogen and oxygen atoms in total. The molecular formula is C25H24N4O3. The average molecular weight is 428 g/mol. The van der Waals surface area contributed by atoms with Crippen LogP contribution in [0.1, 0.15) is 34.7 Å². The third kappa shape index (κ3) is 3.93. The monoisotopic (exact) mass is 428 g/mol. The maximum atomic E-state index is 13.3. The molecule has 0 unspecified atom stereocenters. The Bertz CT molecular complexity index is 1340. The van der Waals surface area contributed by atoms with E-state index in [4.69, 9.17) is 4.52 Å². The molecule has 32 heavy (non-hydrogen) atoms. The van der Waals surface area contributed by atoms with Gasteiger partial charge in [-0.05, 0) is 37.3 Å². The number of hydrogen-bond acceptors (Lipinski definition) is 5. The first kappa shape index (κ1) is 20.2. The summed E-state index contributed by atoms with van der Waals surface area (Å²) in [5.41, 5.74) is 2.91. The minimum atomic E-state index is -0.268. The summed E-state index contributed by atoms with van der Waals surface area (Å²) in [7, 11) is 0. The van der Waals surface area contributed by atoms with Crippen LogP contribution < -0.4 is 5.56 Å². The van der Waals surface area contributed by atoms with Gasteiger partial charge in [-0.3, -0.25) is 9.59 Å². The van der Waals surface area contributed by atoms with Crippen LogP contribution in [0, 0.1) is 12.8 Å². The second-order valence-corrected chi connectivity index (χ2v) is 8.38. The summed E-state index contributed by atoms with van der Waals surface area (Å²) >= 11 is 0. The molecule has 7 heteroatoms. The smallest absolute Gasteiger partial charge is 0.254 e. The SMILES string of the molecule is Cc1ccccc1-c1noc(C[C@@H]2CCCN(C(=O)c3cc(=O)[nH]c4ccccc34)C2)n1. The zero-order chi connectivity index (χ0) is 22.1. The number of likely N-dealkylation sites (tertiary alicyclic amines) is 1.